The predicted octanol–water partition coefficient (Wildman–Crippen LogP) is 2.82. The standard InChI is InChI=1S/C20H22N6O/c21-10-17-13-25-20(14-22-17)26-19-9-18(16(12-24-19)7-4-8-27)23-11-15-5-2-1-3-6-15/h9,12-15,27H,1-3,5-6,8,11H2,(H2,23,24,25,26). The lowest BCUT2D eigenvalue weighted by Crippen LogP contribution is -2.17. The monoisotopic (exact) mass is 362 g/mol. The van der Waals surface area contributed by atoms with Crippen molar-refractivity contribution in [2.24, 2.45) is 5.92 Å². The number of hydrogen-bond acceptors (Lipinski definition) is 7. The number of aliphatic hydroxyl groups is 1. The molecular weight excluding hydrogens is 340 g/mol. The van der Waals surface area contributed by atoms with E-state index in [1.165, 1.54) is 44.5 Å². The van der Waals surface area contributed by atoms with Gasteiger partial charge in [-0.1, -0.05) is 31.1 Å². The molecule has 7 nitrogen and oxygen atoms in total. The molecular formula is C20H22N6O. The van der Waals surface area contributed by atoms with Crippen molar-refractivity contribution in [1.82, 2.24) is 15.0 Å². The van der Waals surface area contributed by atoms with E-state index in [-0.39, 0.29) is 12.3 Å². The van der Waals surface area contributed by atoms with Crippen molar-refractivity contribution in [2.75, 3.05) is 23.8 Å². The van der Waals surface area contributed by atoms with Crippen LogP contribution in [0.2, 0.25) is 0 Å². The number of pyridine rings is 1. The molecule has 0 aliphatic heterocycles. The molecule has 138 valence electrons. The highest BCUT2D eigenvalue weighted by Gasteiger charge is 2.14. The normalized spacial score (nSPS) is 13.9. The molecule has 0 unspecified atom stereocenters. The van der Waals surface area contributed by atoms with E-state index in [2.05, 4.69) is 37.4 Å². The fraction of sp³-hybridized carbons (Fsp3) is 0.400. The summed E-state index contributed by atoms with van der Waals surface area (Å²) in [7, 11) is 0. The maximum Gasteiger partial charge on any atom is 0.158 e. The third kappa shape index (κ3) is 5.40. The Kier molecular flexibility index (Phi) is 6.56. The van der Waals surface area contributed by atoms with Gasteiger partial charge in [-0.15, -0.1) is 0 Å². The van der Waals surface area contributed by atoms with Gasteiger partial charge in [-0.2, -0.15) is 5.26 Å². The highest BCUT2D eigenvalue weighted by molar-refractivity contribution is 5.65. The van der Waals surface area contributed by atoms with Gasteiger partial charge in [-0.05, 0) is 18.8 Å². The molecule has 3 rings (SSSR count). The molecule has 7 heteroatoms. The van der Waals surface area contributed by atoms with Crippen LogP contribution in [0, 0.1) is 29.1 Å². The maximum absolute atomic E-state index is 8.98. The van der Waals surface area contributed by atoms with E-state index >= 15 is 0 Å². The summed E-state index contributed by atoms with van der Waals surface area (Å²) < 4.78 is 0. The Labute approximate surface area is 158 Å². The predicted molar refractivity (Wildman–Crippen MR) is 103 cm³/mol. The summed E-state index contributed by atoms with van der Waals surface area (Å²) in [5, 5.41) is 24.4. The minimum absolute atomic E-state index is 0.192. The van der Waals surface area contributed by atoms with Gasteiger partial charge in [0, 0.05) is 18.8 Å². The second-order valence-corrected chi connectivity index (χ2v) is 6.48. The lowest BCUT2D eigenvalue weighted by Gasteiger charge is -2.22. The van der Waals surface area contributed by atoms with E-state index in [1.807, 2.05) is 12.1 Å². The lowest BCUT2D eigenvalue weighted by atomic mass is 9.89. The molecule has 0 saturated heterocycles. The van der Waals surface area contributed by atoms with Gasteiger partial charge < -0.3 is 15.7 Å². The van der Waals surface area contributed by atoms with Gasteiger partial charge in [0.1, 0.15) is 24.3 Å². The molecule has 3 N–H and O–H groups in total. The van der Waals surface area contributed by atoms with Crippen LogP contribution in [0.3, 0.4) is 0 Å². The third-order valence-electron chi connectivity index (χ3n) is 4.53. The Hall–Kier alpha value is -3.16. The smallest absolute Gasteiger partial charge is 0.158 e. The van der Waals surface area contributed by atoms with E-state index < -0.39 is 0 Å². The Balaban J connectivity index is 1.75. The highest BCUT2D eigenvalue weighted by atomic mass is 16.2. The maximum atomic E-state index is 8.98. The lowest BCUT2D eigenvalue weighted by molar-refractivity contribution is 0.350. The zero-order valence-electron chi connectivity index (χ0n) is 15.1. The summed E-state index contributed by atoms with van der Waals surface area (Å²) in [4.78, 5) is 12.5. The molecule has 0 bridgehead atoms. The Morgan fingerprint density at radius 1 is 1.07 bits per heavy atom. The van der Waals surface area contributed by atoms with Crippen molar-refractivity contribution in [3.8, 4) is 17.9 Å². The van der Waals surface area contributed by atoms with Crippen molar-refractivity contribution < 1.29 is 5.11 Å². The van der Waals surface area contributed by atoms with Crippen LogP contribution in [0.1, 0.15) is 43.4 Å². The van der Waals surface area contributed by atoms with Crippen LogP contribution in [0.5, 0.6) is 0 Å². The van der Waals surface area contributed by atoms with Crippen LogP contribution in [-0.2, 0) is 0 Å². The molecule has 0 amide bonds. The van der Waals surface area contributed by atoms with Crippen molar-refractivity contribution in [1.29, 1.82) is 5.26 Å². The van der Waals surface area contributed by atoms with E-state index in [0.717, 1.165) is 17.8 Å². The van der Waals surface area contributed by atoms with Gasteiger partial charge in [0.05, 0.1) is 23.6 Å². The number of nitrogens with zero attached hydrogens (tertiary/aromatic N) is 4. The van der Waals surface area contributed by atoms with Crippen LogP contribution < -0.4 is 10.6 Å². The van der Waals surface area contributed by atoms with E-state index in [9.17, 15) is 0 Å². The molecule has 0 spiro atoms. The first-order chi connectivity index (χ1) is 13.3. The third-order valence-corrected chi connectivity index (χ3v) is 4.53. The second kappa shape index (κ2) is 9.51. The zero-order valence-corrected chi connectivity index (χ0v) is 15.1. The molecule has 1 fully saturated rings. The molecule has 27 heavy (non-hydrogen) atoms. The van der Waals surface area contributed by atoms with Crippen molar-refractivity contribution in [2.45, 2.75) is 32.1 Å². The first kappa shape index (κ1) is 18.6. The minimum Gasteiger partial charge on any atom is -0.384 e. The Morgan fingerprint density at radius 3 is 2.59 bits per heavy atom. The molecule has 2 aromatic heterocycles. The van der Waals surface area contributed by atoms with Gasteiger partial charge in [-0.3, -0.25) is 0 Å². The number of nitrogens with one attached hydrogen (secondary N) is 2. The summed E-state index contributed by atoms with van der Waals surface area (Å²) in [5.41, 5.74) is 1.88. The minimum atomic E-state index is -0.192. The van der Waals surface area contributed by atoms with E-state index in [4.69, 9.17) is 10.4 Å². The molecule has 2 aromatic rings. The van der Waals surface area contributed by atoms with Crippen molar-refractivity contribution in [3.63, 3.8) is 0 Å². The fourth-order valence-electron chi connectivity index (χ4n) is 3.13. The number of rotatable bonds is 5. The number of nitriles is 1. The number of aliphatic hydroxyl groups excluding tert-OH is 1. The zero-order chi connectivity index (χ0) is 18.9. The van der Waals surface area contributed by atoms with Gasteiger partial charge in [0.25, 0.3) is 0 Å². The number of aromatic nitrogens is 3. The summed E-state index contributed by atoms with van der Waals surface area (Å²) in [6.45, 7) is 0.705. The van der Waals surface area contributed by atoms with Crippen LogP contribution >= 0.6 is 0 Å². The first-order valence-corrected chi connectivity index (χ1v) is 9.11. The Bertz CT molecular complexity index is 857. The SMILES string of the molecule is N#Cc1cnc(Nc2cc(NCC3CCCCC3)c(C#CCO)cn2)cn1. The van der Waals surface area contributed by atoms with Crippen molar-refractivity contribution in [3.05, 3.63) is 35.9 Å². The average Bonchev–Trinajstić information content (AvgIpc) is 2.73. The second-order valence-electron chi connectivity index (χ2n) is 6.48. The Morgan fingerprint density at radius 2 is 1.89 bits per heavy atom. The topological polar surface area (TPSA) is 107 Å². The molecule has 0 aromatic carbocycles. The van der Waals surface area contributed by atoms with Gasteiger partial charge >= 0.3 is 0 Å². The summed E-state index contributed by atoms with van der Waals surface area (Å²) >= 11 is 0. The largest absolute Gasteiger partial charge is 0.384 e. The summed E-state index contributed by atoms with van der Waals surface area (Å²) in [6.07, 6.45) is 11.0. The van der Waals surface area contributed by atoms with Gasteiger partial charge in [0.2, 0.25) is 0 Å². The number of hydrogen-bond donors (Lipinski definition) is 3. The van der Waals surface area contributed by atoms with Crippen LogP contribution in [-0.4, -0.2) is 33.2 Å². The molecule has 1 saturated carbocycles. The quantitative estimate of drug-likeness (QED) is 0.702. The summed E-state index contributed by atoms with van der Waals surface area (Å²) in [6, 6.07) is 3.82. The fourth-order valence-corrected chi connectivity index (χ4v) is 3.13. The molecule has 1 aliphatic carbocycles. The highest BCUT2D eigenvalue weighted by Crippen LogP contribution is 2.25. The summed E-state index contributed by atoms with van der Waals surface area (Å²) in [5.74, 6) is 7.40. The van der Waals surface area contributed by atoms with Crippen LogP contribution in [0.15, 0.2) is 24.7 Å². The van der Waals surface area contributed by atoms with Crippen LogP contribution in [0.4, 0.5) is 17.3 Å². The van der Waals surface area contributed by atoms with Gasteiger partial charge in [-0.25, -0.2) is 15.0 Å². The average molecular weight is 362 g/mol. The van der Waals surface area contributed by atoms with Gasteiger partial charge in [0.15, 0.2) is 5.69 Å². The first-order valence-electron chi connectivity index (χ1n) is 9.11. The van der Waals surface area contributed by atoms with Crippen LogP contribution in [0.25, 0.3) is 0 Å². The molecule has 2 heterocycles. The number of anilines is 3. The molecule has 0 radical (unpaired) electrons. The van der Waals surface area contributed by atoms with Crippen molar-refractivity contribution >= 4 is 17.3 Å². The molecule has 1 aliphatic rings. The molecule has 0 atom stereocenters. The van der Waals surface area contributed by atoms with E-state index in [0.29, 0.717) is 17.6 Å². The van der Waals surface area contributed by atoms with E-state index in [1.54, 1.807) is 6.20 Å².